The van der Waals surface area contributed by atoms with Gasteiger partial charge in [0.05, 0.1) is 27.1 Å². The monoisotopic (exact) mass is 507 g/mol. The summed E-state index contributed by atoms with van der Waals surface area (Å²) >= 11 is 0. The van der Waals surface area contributed by atoms with E-state index < -0.39 is 0 Å². The van der Waals surface area contributed by atoms with Crippen LogP contribution in [0.2, 0.25) is 0 Å². The summed E-state index contributed by atoms with van der Waals surface area (Å²) in [5.74, 6) is 1.77. The van der Waals surface area contributed by atoms with Gasteiger partial charge in [-0.1, -0.05) is 30.3 Å². The van der Waals surface area contributed by atoms with Crippen LogP contribution in [0, 0.1) is 0 Å². The Kier molecular flexibility index (Phi) is 8.78. The Bertz CT molecular complexity index is 911. The zero-order chi connectivity index (χ0) is 19.8. The van der Waals surface area contributed by atoms with Crippen molar-refractivity contribution in [2.24, 2.45) is 10.7 Å². The van der Waals surface area contributed by atoms with Crippen molar-refractivity contribution in [1.82, 2.24) is 14.9 Å². The first-order valence-electron chi connectivity index (χ1n) is 8.96. The normalized spacial score (nSPS) is 10.9. The fraction of sp³-hybridized carbons (Fsp3) is 0.238. The molecule has 0 spiro atoms. The van der Waals surface area contributed by atoms with Gasteiger partial charge in [-0.25, -0.2) is 9.98 Å². The Labute approximate surface area is 188 Å². The highest BCUT2D eigenvalue weighted by Crippen LogP contribution is 2.27. The number of nitrogens with zero attached hydrogens (tertiary/aromatic N) is 3. The molecule has 0 bridgehead atoms. The zero-order valence-corrected chi connectivity index (χ0v) is 18.9. The van der Waals surface area contributed by atoms with Crippen molar-refractivity contribution in [3.8, 4) is 11.5 Å². The lowest BCUT2D eigenvalue weighted by Crippen LogP contribution is -2.31. The summed E-state index contributed by atoms with van der Waals surface area (Å²) in [6.07, 6.45) is 5.54. The van der Waals surface area contributed by atoms with Crippen LogP contribution >= 0.6 is 24.0 Å². The lowest BCUT2D eigenvalue weighted by Gasteiger charge is -2.09. The number of rotatable bonds is 8. The van der Waals surface area contributed by atoms with Crippen molar-refractivity contribution < 1.29 is 9.47 Å². The van der Waals surface area contributed by atoms with E-state index in [1.807, 2.05) is 35.3 Å². The minimum Gasteiger partial charge on any atom is -0.493 e. The molecule has 154 valence electrons. The van der Waals surface area contributed by atoms with E-state index in [9.17, 15) is 0 Å². The van der Waals surface area contributed by atoms with Crippen LogP contribution < -0.4 is 20.5 Å². The van der Waals surface area contributed by atoms with Crippen molar-refractivity contribution in [3.63, 3.8) is 0 Å². The van der Waals surface area contributed by atoms with Gasteiger partial charge in [-0.2, -0.15) is 0 Å². The van der Waals surface area contributed by atoms with Gasteiger partial charge in [0, 0.05) is 25.5 Å². The zero-order valence-electron chi connectivity index (χ0n) is 16.5. The molecule has 29 heavy (non-hydrogen) atoms. The maximum atomic E-state index is 5.99. The van der Waals surface area contributed by atoms with Gasteiger partial charge in [-0.15, -0.1) is 24.0 Å². The van der Waals surface area contributed by atoms with E-state index in [4.69, 9.17) is 15.2 Å². The van der Waals surface area contributed by atoms with Crippen molar-refractivity contribution in [2.45, 2.75) is 19.6 Å². The molecule has 0 aliphatic rings. The summed E-state index contributed by atoms with van der Waals surface area (Å²) in [5, 5.41) is 3.14. The topological polar surface area (TPSA) is 86.7 Å². The lowest BCUT2D eigenvalue weighted by atomic mass is 10.1. The second-order valence-electron chi connectivity index (χ2n) is 6.30. The van der Waals surface area contributed by atoms with E-state index in [1.54, 1.807) is 20.4 Å². The van der Waals surface area contributed by atoms with Crippen LogP contribution in [0.1, 0.15) is 16.7 Å². The molecule has 0 unspecified atom stereocenters. The maximum absolute atomic E-state index is 5.99. The highest BCUT2D eigenvalue weighted by Gasteiger charge is 2.04. The predicted molar refractivity (Wildman–Crippen MR) is 125 cm³/mol. The number of guanidine groups is 1. The maximum Gasteiger partial charge on any atom is 0.189 e. The van der Waals surface area contributed by atoms with Gasteiger partial charge in [0.15, 0.2) is 17.5 Å². The molecule has 0 aliphatic heterocycles. The lowest BCUT2D eigenvalue weighted by molar-refractivity contribution is 0.354. The summed E-state index contributed by atoms with van der Waals surface area (Å²) in [7, 11) is 3.23. The van der Waals surface area contributed by atoms with Crippen LogP contribution in [0.3, 0.4) is 0 Å². The predicted octanol–water partition coefficient (Wildman–Crippen LogP) is 3.17. The Morgan fingerprint density at radius 3 is 2.38 bits per heavy atom. The third-order valence-electron chi connectivity index (χ3n) is 4.30. The van der Waals surface area contributed by atoms with E-state index in [1.165, 1.54) is 5.56 Å². The SMILES string of the molecule is COc1ccc(CN=C(N)NCc2ccc(Cn3ccnc3)cc2)cc1OC.I. The molecule has 0 saturated heterocycles. The summed E-state index contributed by atoms with van der Waals surface area (Å²) in [6, 6.07) is 14.1. The fourth-order valence-electron chi connectivity index (χ4n) is 2.76. The van der Waals surface area contributed by atoms with Crippen LogP contribution in [0.25, 0.3) is 0 Å². The largest absolute Gasteiger partial charge is 0.493 e. The number of aliphatic imine (C=N–C) groups is 1. The molecule has 3 rings (SSSR count). The highest BCUT2D eigenvalue weighted by molar-refractivity contribution is 14.0. The number of nitrogens with one attached hydrogen (secondary N) is 1. The van der Waals surface area contributed by atoms with Gasteiger partial charge in [0.25, 0.3) is 0 Å². The third-order valence-corrected chi connectivity index (χ3v) is 4.30. The van der Waals surface area contributed by atoms with Crippen LogP contribution in [-0.4, -0.2) is 29.7 Å². The van der Waals surface area contributed by atoms with Crippen LogP contribution in [0.15, 0.2) is 66.2 Å². The Balaban J connectivity index is 0.00000300. The molecule has 7 nitrogen and oxygen atoms in total. The molecule has 0 radical (unpaired) electrons. The van der Waals surface area contributed by atoms with E-state index in [2.05, 4.69) is 39.6 Å². The first-order valence-corrected chi connectivity index (χ1v) is 8.96. The molecule has 0 saturated carbocycles. The van der Waals surface area contributed by atoms with Gasteiger partial charge in [-0.3, -0.25) is 0 Å². The van der Waals surface area contributed by atoms with Gasteiger partial charge in [-0.05, 0) is 28.8 Å². The first-order chi connectivity index (χ1) is 13.7. The Morgan fingerprint density at radius 1 is 1.03 bits per heavy atom. The van der Waals surface area contributed by atoms with E-state index in [-0.39, 0.29) is 24.0 Å². The average Bonchev–Trinajstić information content (AvgIpc) is 3.24. The van der Waals surface area contributed by atoms with Gasteiger partial charge < -0.3 is 25.1 Å². The van der Waals surface area contributed by atoms with Gasteiger partial charge in [0.1, 0.15) is 0 Å². The summed E-state index contributed by atoms with van der Waals surface area (Å²) in [4.78, 5) is 8.44. The summed E-state index contributed by atoms with van der Waals surface area (Å²) in [6.45, 7) is 1.89. The molecule has 0 atom stereocenters. The second kappa shape index (κ2) is 11.3. The average molecular weight is 507 g/mol. The van der Waals surface area contributed by atoms with Crippen molar-refractivity contribution in [3.05, 3.63) is 77.9 Å². The number of hydrogen-bond acceptors (Lipinski definition) is 4. The summed E-state index contributed by atoms with van der Waals surface area (Å²) in [5.41, 5.74) is 9.34. The quantitative estimate of drug-likeness (QED) is 0.278. The van der Waals surface area contributed by atoms with E-state index in [0.29, 0.717) is 30.5 Å². The fourth-order valence-corrected chi connectivity index (χ4v) is 2.76. The number of halogens is 1. The number of methoxy groups -OCH3 is 2. The molecule has 1 heterocycles. The molecule has 3 aromatic rings. The number of hydrogen-bond donors (Lipinski definition) is 2. The second-order valence-corrected chi connectivity index (χ2v) is 6.30. The van der Waals surface area contributed by atoms with E-state index in [0.717, 1.165) is 17.7 Å². The van der Waals surface area contributed by atoms with E-state index >= 15 is 0 Å². The standard InChI is InChI=1S/C21H25N5O2.HI/c1-27-19-8-7-18(11-20(19)28-2)13-25-21(22)24-12-16-3-5-17(6-4-16)14-26-10-9-23-15-26;/h3-11,15H,12-14H2,1-2H3,(H3,22,24,25);1H. The number of aromatic nitrogens is 2. The van der Waals surface area contributed by atoms with Gasteiger partial charge >= 0.3 is 0 Å². The molecule has 0 aliphatic carbocycles. The minimum atomic E-state index is 0. The molecular weight excluding hydrogens is 481 g/mol. The van der Waals surface area contributed by atoms with Crippen LogP contribution in [0.5, 0.6) is 11.5 Å². The Hall–Kier alpha value is -2.75. The van der Waals surface area contributed by atoms with Crippen LogP contribution in [0.4, 0.5) is 0 Å². The molecule has 0 amide bonds. The summed E-state index contributed by atoms with van der Waals surface area (Å²) < 4.78 is 12.6. The minimum absolute atomic E-state index is 0. The number of ether oxygens (including phenoxy) is 2. The molecule has 2 aromatic carbocycles. The van der Waals surface area contributed by atoms with Crippen molar-refractivity contribution in [2.75, 3.05) is 14.2 Å². The van der Waals surface area contributed by atoms with Crippen molar-refractivity contribution >= 4 is 29.9 Å². The molecule has 1 aromatic heterocycles. The third kappa shape index (κ3) is 6.67. The van der Waals surface area contributed by atoms with Crippen molar-refractivity contribution in [1.29, 1.82) is 0 Å². The number of benzene rings is 2. The van der Waals surface area contributed by atoms with Crippen LogP contribution in [-0.2, 0) is 19.6 Å². The highest BCUT2D eigenvalue weighted by atomic mass is 127. The molecular formula is C21H26IN5O2. The smallest absolute Gasteiger partial charge is 0.189 e. The van der Waals surface area contributed by atoms with Gasteiger partial charge in [0.2, 0.25) is 0 Å². The Morgan fingerprint density at radius 2 is 1.72 bits per heavy atom. The molecule has 0 fully saturated rings. The first kappa shape index (κ1) is 22.5. The molecule has 3 N–H and O–H groups in total. The number of imidazole rings is 1. The molecule has 8 heteroatoms. The number of nitrogens with two attached hydrogens (primary N) is 1.